The molecule has 2 saturated heterocycles. The van der Waals surface area contributed by atoms with E-state index in [0.717, 1.165) is 4.31 Å². The Hall–Kier alpha value is -1.87. The third-order valence-electron chi connectivity index (χ3n) is 4.37. The minimum absolute atomic E-state index is 0.0625. The molecule has 0 spiro atoms. The van der Waals surface area contributed by atoms with Crippen LogP contribution < -0.4 is 10.0 Å². The maximum Gasteiger partial charge on any atom is 0.235 e. The molecule has 25 heavy (non-hydrogen) atoms. The fraction of sp³-hybridized carbons (Fsp3) is 0.562. The van der Waals surface area contributed by atoms with Crippen molar-refractivity contribution >= 4 is 21.7 Å². The third-order valence-corrected chi connectivity index (χ3v) is 6.22. The molecule has 0 radical (unpaired) electrons. The van der Waals surface area contributed by atoms with Crippen molar-refractivity contribution in [2.45, 2.75) is 26.0 Å². The zero-order valence-corrected chi connectivity index (χ0v) is 15.0. The van der Waals surface area contributed by atoms with Gasteiger partial charge in [0.25, 0.3) is 0 Å². The van der Waals surface area contributed by atoms with Gasteiger partial charge in [-0.05, 0) is 31.0 Å². The van der Waals surface area contributed by atoms with Crippen LogP contribution in [0.25, 0.3) is 0 Å². The number of anilines is 1. The minimum Gasteiger partial charge on any atom is -0.375 e. The highest BCUT2D eigenvalue weighted by atomic mass is 32.2. The largest absolute Gasteiger partial charge is 0.375 e. The summed E-state index contributed by atoms with van der Waals surface area (Å²) in [5.74, 6) is -0.0917. The van der Waals surface area contributed by atoms with Crippen LogP contribution in [0.1, 0.15) is 18.9 Å². The Morgan fingerprint density at radius 2 is 2.24 bits per heavy atom. The topological polar surface area (TPSA) is 88.2 Å². The first-order valence-electron chi connectivity index (χ1n) is 8.32. The molecule has 9 heteroatoms. The van der Waals surface area contributed by atoms with Crippen LogP contribution in [0.15, 0.2) is 23.2 Å². The minimum atomic E-state index is -3.39. The molecular weight excluding hydrogens is 347 g/mol. The second-order valence-electron chi connectivity index (χ2n) is 6.33. The average Bonchev–Trinajstić information content (AvgIpc) is 2.92. The van der Waals surface area contributed by atoms with Gasteiger partial charge in [0.2, 0.25) is 10.0 Å². The van der Waals surface area contributed by atoms with Gasteiger partial charge in [-0.1, -0.05) is 6.07 Å². The van der Waals surface area contributed by atoms with Crippen molar-refractivity contribution in [3.63, 3.8) is 0 Å². The van der Waals surface area contributed by atoms with E-state index in [9.17, 15) is 12.8 Å². The number of hydrogen-bond acceptors (Lipinski definition) is 4. The van der Waals surface area contributed by atoms with Crippen LogP contribution in [-0.2, 0) is 21.3 Å². The van der Waals surface area contributed by atoms with Crippen molar-refractivity contribution in [3.05, 3.63) is 29.6 Å². The molecule has 0 bridgehead atoms. The summed E-state index contributed by atoms with van der Waals surface area (Å²) in [7, 11) is -3.39. The van der Waals surface area contributed by atoms with Gasteiger partial charge in [-0.15, -0.1) is 0 Å². The van der Waals surface area contributed by atoms with E-state index < -0.39 is 15.8 Å². The quantitative estimate of drug-likeness (QED) is 0.631. The number of benzene rings is 1. The normalized spacial score (nSPS) is 23.9. The van der Waals surface area contributed by atoms with Crippen LogP contribution in [-0.4, -0.2) is 57.4 Å². The first-order valence-corrected chi connectivity index (χ1v) is 9.93. The lowest BCUT2D eigenvalue weighted by Gasteiger charge is -2.31. The lowest BCUT2D eigenvalue weighted by atomic mass is 10.2. The Bertz CT molecular complexity index is 769. The van der Waals surface area contributed by atoms with Crippen LogP contribution in [0.2, 0.25) is 0 Å². The number of halogens is 1. The Kier molecular flexibility index (Phi) is 5.14. The average molecular weight is 370 g/mol. The molecule has 1 aromatic rings. The molecular formula is C16H23FN4O3S. The molecule has 0 saturated carbocycles. The van der Waals surface area contributed by atoms with E-state index in [1.54, 1.807) is 6.07 Å². The van der Waals surface area contributed by atoms with Crippen LogP contribution in [0, 0.1) is 5.82 Å². The Morgan fingerprint density at radius 3 is 2.88 bits per heavy atom. The predicted molar refractivity (Wildman–Crippen MR) is 94.5 cm³/mol. The monoisotopic (exact) mass is 370 g/mol. The molecule has 7 nitrogen and oxygen atoms in total. The SMILES string of the molecule is CC1CN(C(N)=NCc2ccc(N3CCCS3(=O)=O)c(F)c2)CCO1. The van der Waals surface area contributed by atoms with Crippen molar-refractivity contribution in [1.29, 1.82) is 0 Å². The van der Waals surface area contributed by atoms with Gasteiger partial charge < -0.3 is 15.4 Å². The maximum atomic E-state index is 14.4. The van der Waals surface area contributed by atoms with Crippen molar-refractivity contribution in [2.75, 3.05) is 36.3 Å². The molecule has 2 aliphatic rings. The zero-order chi connectivity index (χ0) is 18.0. The third kappa shape index (κ3) is 4.04. The number of guanidine groups is 1. The summed E-state index contributed by atoms with van der Waals surface area (Å²) >= 11 is 0. The van der Waals surface area contributed by atoms with E-state index in [1.165, 1.54) is 12.1 Å². The number of nitrogens with zero attached hydrogens (tertiary/aromatic N) is 3. The molecule has 2 N–H and O–H groups in total. The molecule has 1 aromatic carbocycles. The maximum absolute atomic E-state index is 14.4. The van der Waals surface area contributed by atoms with Crippen LogP contribution in [0.5, 0.6) is 0 Å². The molecule has 2 aliphatic heterocycles. The zero-order valence-electron chi connectivity index (χ0n) is 14.2. The van der Waals surface area contributed by atoms with Crippen LogP contribution in [0.4, 0.5) is 10.1 Å². The first kappa shape index (κ1) is 17.9. The summed E-state index contributed by atoms with van der Waals surface area (Å²) in [6.07, 6.45) is 0.615. The number of hydrogen-bond donors (Lipinski definition) is 1. The highest BCUT2D eigenvalue weighted by Gasteiger charge is 2.30. The fourth-order valence-electron chi connectivity index (χ4n) is 3.06. The van der Waals surface area contributed by atoms with Crippen LogP contribution >= 0.6 is 0 Å². The van der Waals surface area contributed by atoms with E-state index in [1.807, 2.05) is 11.8 Å². The summed E-state index contributed by atoms with van der Waals surface area (Å²) in [6, 6.07) is 4.50. The van der Waals surface area contributed by atoms with E-state index in [2.05, 4.69) is 4.99 Å². The Morgan fingerprint density at radius 1 is 1.44 bits per heavy atom. The van der Waals surface area contributed by atoms with Crippen molar-refractivity contribution in [3.8, 4) is 0 Å². The molecule has 2 heterocycles. The molecule has 138 valence electrons. The molecule has 0 amide bonds. The summed E-state index contributed by atoms with van der Waals surface area (Å²) in [5, 5.41) is 0. The Balaban J connectivity index is 1.70. The van der Waals surface area contributed by atoms with Gasteiger partial charge in [-0.3, -0.25) is 4.31 Å². The summed E-state index contributed by atoms with van der Waals surface area (Å²) in [6.45, 7) is 4.49. The number of rotatable bonds is 3. The summed E-state index contributed by atoms with van der Waals surface area (Å²) in [5.41, 5.74) is 6.74. The van der Waals surface area contributed by atoms with Gasteiger partial charge in [-0.2, -0.15) is 0 Å². The van der Waals surface area contributed by atoms with E-state index in [0.29, 0.717) is 44.2 Å². The lowest BCUT2D eigenvalue weighted by Crippen LogP contribution is -2.47. The molecule has 3 rings (SSSR count). The van der Waals surface area contributed by atoms with Crippen LogP contribution in [0.3, 0.4) is 0 Å². The second-order valence-corrected chi connectivity index (χ2v) is 8.34. The van der Waals surface area contributed by atoms with Crippen molar-refractivity contribution in [1.82, 2.24) is 4.90 Å². The highest BCUT2D eigenvalue weighted by Crippen LogP contribution is 2.27. The lowest BCUT2D eigenvalue weighted by molar-refractivity contribution is 0.00529. The van der Waals surface area contributed by atoms with E-state index >= 15 is 0 Å². The number of ether oxygens (including phenoxy) is 1. The number of nitrogens with two attached hydrogens (primary N) is 1. The van der Waals surface area contributed by atoms with Gasteiger partial charge in [0, 0.05) is 19.6 Å². The number of morpholine rings is 1. The summed E-state index contributed by atoms with van der Waals surface area (Å²) < 4.78 is 44.8. The standard InChI is InChI=1S/C16H23FN4O3S/c1-12-11-20(6-7-24-12)16(18)19-10-13-3-4-15(14(17)9-13)21-5-2-8-25(21,22)23/h3-4,9,12H,2,5-8,10-11H2,1H3,(H2,18,19). The van der Waals surface area contributed by atoms with E-state index in [4.69, 9.17) is 10.5 Å². The highest BCUT2D eigenvalue weighted by molar-refractivity contribution is 7.93. The molecule has 0 aromatic heterocycles. The Labute approximate surface area is 147 Å². The summed E-state index contributed by atoms with van der Waals surface area (Å²) in [4.78, 5) is 6.26. The molecule has 2 fully saturated rings. The van der Waals surface area contributed by atoms with Gasteiger partial charge in [0.15, 0.2) is 5.96 Å². The predicted octanol–water partition coefficient (Wildman–Crippen LogP) is 0.901. The molecule has 1 unspecified atom stereocenters. The van der Waals surface area contributed by atoms with Gasteiger partial charge >= 0.3 is 0 Å². The smallest absolute Gasteiger partial charge is 0.235 e. The molecule has 1 atom stereocenters. The molecule has 0 aliphatic carbocycles. The number of sulfonamides is 1. The van der Waals surface area contributed by atoms with Crippen molar-refractivity contribution in [2.24, 2.45) is 10.7 Å². The van der Waals surface area contributed by atoms with E-state index in [-0.39, 0.29) is 24.1 Å². The van der Waals surface area contributed by atoms with Gasteiger partial charge in [0.1, 0.15) is 5.82 Å². The first-order chi connectivity index (χ1) is 11.9. The fourth-order valence-corrected chi connectivity index (χ4v) is 4.63. The van der Waals surface area contributed by atoms with Crippen molar-refractivity contribution < 1.29 is 17.5 Å². The van der Waals surface area contributed by atoms with Gasteiger partial charge in [0.05, 0.1) is 30.7 Å². The second kappa shape index (κ2) is 7.17. The van der Waals surface area contributed by atoms with Gasteiger partial charge in [-0.25, -0.2) is 17.8 Å². The number of aliphatic imine (C=N–C) groups is 1.